The Morgan fingerprint density at radius 2 is 2.31 bits per heavy atom. The number of hydrogen-bond donors (Lipinski definition) is 2. The van der Waals surface area contributed by atoms with Gasteiger partial charge in [-0.2, -0.15) is 4.98 Å². The number of anilines is 2. The van der Waals surface area contributed by atoms with Gasteiger partial charge in [0.25, 0.3) is 6.01 Å². The molecule has 84 valence electrons. The highest BCUT2D eigenvalue weighted by Gasteiger charge is 2.03. The Morgan fingerprint density at radius 3 is 3.06 bits per heavy atom. The number of hydrogen-bond acceptors (Lipinski definition) is 4. The van der Waals surface area contributed by atoms with Gasteiger partial charge in [0.15, 0.2) is 0 Å². The summed E-state index contributed by atoms with van der Waals surface area (Å²) in [5.41, 5.74) is 6.77. The Labute approximate surface area is 92.3 Å². The molecule has 0 aliphatic rings. The van der Waals surface area contributed by atoms with Crippen LogP contribution < -0.4 is 11.1 Å². The van der Waals surface area contributed by atoms with Crippen LogP contribution in [-0.4, -0.2) is 11.5 Å². The van der Waals surface area contributed by atoms with E-state index in [1.807, 2.05) is 0 Å². The van der Waals surface area contributed by atoms with Gasteiger partial charge in [0.1, 0.15) is 12.1 Å². The Morgan fingerprint density at radius 1 is 1.44 bits per heavy atom. The zero-order valence-electron chi connectivity index (χ0n) is 8.61. The zero-order chi connectivity index (χ0) is 11.4. The lowest BCUT2D eigenvalue weighted by Gasteiger charge is -2.00. The summed E-state index contributed by atoms with van der Waals surface area (Å²) in [5.74, 6) is -0.307. The van der Waals surface area contributed by atoms with Gasteiger partial charge in [-0.3, -0.25) is 0 Å². The molecule has 0 bridgehead atoms. The fourth-order valence-electron chi connectivity index (χ4n) is 1.32. The summed E-state index contributed by atoms with van der Waals surface area (Å²) >= 11 is 0. The Bertz CT molecular complexity index is 470. The van der Waals surface area contributed by atoms with Crippen molar-refractivity contribution in [3.63, 3.8) is 0 Å². The summed E-state index contributed by atoms with van der Waals surface area (Å²) < 4.78 is 18.0. The minimum atomic E-state index is -0.307. The van der Waals surface area contributed by atoms with Crippen molar-refractivity contribution >= 4 is 11.7 Å². The normalized spacial score (nSPS) is 10.4. The largest absolute Gasteiger partial charge is 0.432 e. The minimum absolute atomic E-state index is 0.307. The van der Waals surface area contributed by atoms with Gasteiger partial charge in [-0.05, 0) is 24.7 Å². The molecule has 0 aliphatic heterocycles. The maximum atomic E-state index is 12.9. The zero-order valence-corrected chi connectivity index (χ0v) is 8.61. The van der Waals surface area contributed by atoms with Gasteiger partial charge >= 0.3 is 0 Å². The second-order valence-corrected chi connectivity index (χ2v) is 3.32. The van der Waals surface area contributed by atoms with E-state index in [2.05, 4.69) is 10.3 Å². The monoisotopic (exact) mass is 221 g/mol. The van der Waals surface area contributed by atoms with E-state index in [1.165, 1.54) is 18.4 Å². The van der Waals surface area contributed by atoms with Crippen LogP contribution in [0.5, 0.6) is 0 Å². The summed E-state index contributed by atoms with van der Waals surface area (Å²) in [6.07, 6.45) is 2.20. The molecule has 0 saturated carbocycles. The molecule has 3 N–H and O–H groups in total. The van der Waals surface area contributed by atoms with Crippen LogP contribution in [0.1, 0.15) is 5.69 Å². The first-order chi connectivity index (χ1) is 7.78. The maximum Gasteiger partial charge on any atom is 0.299 e. The molecule has 0 unspecified atom stereocenters. The average Bonchev–Trinajstić information content (AvgIpc) is 2.66. The Hall–Kier alpha value is -1.88. The number of nitrogens with one attached hydrogen (secondary N) is 1. The predicted molar refractivity (Wildman–Crippen MR) is 58.9 cm³/mol. The highest BCUT2D eigenvalue weighted by Crippen LogP contribution is 2.16. The number of aromatic nitrogens is 1. The topological polar surface area (TPSA) is 64.1 Å². The highest BCUT2D eigenvalue weighted by atomic mass is 19.1. The van der Waals surface area contributed by atoms with Crippen molar-refractivity contribution in [3.05, 3.63) is 42.0 Å². The summed E-state index contributed by atoms with van der Waals surface area (Å²) in [6.45, 7) is 0.520. The molecule has 0 fully saturated rings. The molecule has 0 saturated heterocycles. The molecule has 5 heteroatoms. The van der Waals surface area contributed by atoms with Gasteiger partial charge in [-0.1, -0.05) is 6.07 Å². The van der Waals surface area contributed by atoms with Crippen LogP contribution in [0, 0.1) is 5.82 Å². The first-order valence-electron chi connectivity index (χ1n) is 4.95. The van der Waals surface area contributed by atoms with E-state index in [0.717, 1.165) is 5.69 Å². The minimum Gasteiger partial charge on any atom is -0.432 e. The molecule has 0 spiro atoms. The molecule has 16 heavy (non-hydrogen) atoms. The summed E-state index contributed by atoms with van der Waals surface area (Å²) in [5, 5.41) is 2.86. The van der Waals surface area contributed by atoms with Crippen molar-refractivity contribution in [1.82, 2.24) is 4.98 Å². The van der Waals surface area contributed by atoms with Crippen molar-refractivity contribution in [2.45, 2.75) is 6.42 Å². The number of oxazole rings is 1. The molecule has 4 nitrogen and oxygen atoms in total. The second kappa shape index (κ2) is 4.76. The fraction of sp³-hybridized carbons (Fsp3) is 0.182. The average molecular weight is 221 g/mol. The first kappa shape index (κ1) is 10.6. The smallest absolute Gasteiger partial charge is 0.299 e. The van der Waals surface area contributed by atoms with E-state index >= 15 is 0 Å². The van der Waals surface area contributed by atoms with E-state index < -0.39 is 0 Å². The molecule has 0 amide bonds. The molecule has 1 heterocycles. The van der Waals surface area contributed by atoms with Crippen molar-refractivity contribution in [2.75, 3.05) is 11.9 Å². The standard InChI is InChI=1S/C11H12FN3O/c12-8-2-1-3-9(6-8)14-11-15-10(4-5-13)7-16-11/h1-3,6-7H,4-5,13H2,(H,14,15). The number of benzene rings is 1. The molecule has 0 atom stereocenters. The lowest BCUT2D eigenvalue weighted by atomic mass is 10.3. The highest BCUT2D eigenvalue weighted by molar-refractivity contribution is 5.51. The first-order valence-corrected chi connectivity index (χ1v) is 4.95. The quantitative estimate of drug-likeness (QED) is 0.829. The van der Waals surface area contributed by atoms with Gasteiger partial charge in [0, 0.05) is 12.1 Å². The summed E-state index contributed by atoms with van der Waals surface area (Å²) in [7, 11) is 0. The van der Waals surface area contributed by atoms with E-state index in [4.69, 9.17) is 10.2 Å². The lowest BCUT2D eigenvalue weighted by Crippen LogP contribution is -2.02. The van der Waals surface area contributed by atoms with Crippen molar-refractivity contribution in [2.24, 2.45) is 5.73 Å². The van der Waals surface area contributed by atoms with Gasteiger partial charge in [-0.25, -0.2) is 4.39 Å². The van der Waals surface area contributed by atoms with Crippen LogP contribution >= 0.6 is 0 Å². The third-order valence-corrected chi connectivity index (χ3v) is 2.03. The van der Waals surface area contributed by atoms with Gasteiger partial charge < -0.3 is 15.5 Å². The van der Waals surface area contributed by atoms with Crippen LogP contribution in [0.3, 0.4) is 0 Å². The second-order valence-electron chi connectivity index (χ2n) is 3.32. The van der Waals surface area contributed by atoms with E-state index in [1.54, 1.807) is 12.1 Å². The molecule has 1 aromatic heterocycles. The number of halogens is 1. The van der Waals surface area contributed by atoms with E-state index in [9.17, 15) is 4.39 Å². The molecule has 2 rings (SSSR count). The molecule has 0 radical (unpaired) electrons. The SMILES string of the molecule is NCCc1coc(Nc2cccc(F)c2)n1. The summed E-state index contributed by atoms with van der Waals surface area (Å²) in [4.78, 5) is 4.14. The molecular weight excluding hydrogens is 209 g/mol. The predicted octanol–water partition coefficient (Wildman–Crippen LogP) is 2.06. The molecule has 0 aliphatic carbocycles. The van der Waals surface area contributed by atoms with Crippen molar-refractivity contribution < 1.29 is 8.81 Å². The molecule has 2 aromatic rings. The Kier molecular flexibility index (Phi) is 3.16. The van der Waals surface area contributed by atoms with Crippen molar-refractivity contribution in [1.29, 1.82) is 0 Å². The lowest BCUT2D eigenvalue weighted by molar-refractivity contribution is 0.575. The molecule has 1 aromatic carbocycles. The van der Waals surface area contributed by atoms with Crippen LogP contribution in [0.2, 0.25) is 0 Å². The Balaban J connectivity index is 2.08. The van der Waals surface area contributed by atoms with Crippen LogP contribution in [0.15, 0.2) is 34.9 Å². The van der Waals surface area contributed by atoms with Crippen LogP contribution in [0.25, 0.3) is 0 Å². The number of nitrogens with two attached hydrogens (primary N) is 1. The number of rotatable bonds is 4. The maximum absolute atomic E-state index is 12.9. The van der Waals surface area contributed by atoms with E-state index in [-0.39, 0.29) is 5.82 Å². The van der Waals surface area contributed by atoms with Crippen molar-refractivity contribution in [3.8, 4) is 0 Å². The van der Waals surface area contributed by atoms with Gasteiger partial charge in [-0.15, -0.1) is 0 Å². The van der Waals surface area contributed by atoms with Crippen LogP contribution in [0.4, 0.5) is 16.1 Å². The summed E-state index contributed by atoms with van der Waals surface area (Å²) in [6, 6.07) is 6.43. The van der Waals surface area contributed by atoms with E-state index in [0.29, 0.717) is 24.7 Å². The van der Waals surface area contributed by atoms with Crippen LogP contribution in [-0.2, 0) is 6.42 Å². The number of nitrogens with zero attached hydrogens (tertiary/aromatic N) is 1. The van der Waals surface area contributed by atoms with Gasteiger partial charge in [0.2, 0.25) is 0 Å². The molecular formula is C11H12FN3O. The fourth-order valence-corrected chi connectivity index (χ4v) is 1.32. The van der Waals surface area contributed by atoms with Gasteiger partial charge in [0.05, 0.1) is 5.69 Å². The third kappa shape index (κ3) is 2.58. The third-order valence-electron chi connectivity index (χ3n) is 2.03.